The zero-order chi connectivity index (χ0) is 19.6. The van der Waals surface area contributed by atoms with Crippen LogP contribution in [-0.2, 0) is 27.9 Å². The normalized spacial score (nSPS) is 18.0. The van der Waals surface area contributed by atoms with E-state index in [1.54, 1.807) is 24.4 Å². The predicted molar refractivity (Wildman–Crippen MR) is 105 cm³/mol. The quantitative estimate of drug-likeness (QED) is 0.682. The van der Waals surface area contributed by atoms with Crippen LogP contribution >= 0.6 is 0 Å². The smallest absolute Gasteiger partial charge is 0.245 e. The Morgan fingerprint density at radius 3 is 2.71 bits per heavy atom. The Hall–Kier alpha value is -2.79. The Kier molecular flexibility index (Phi) is 5.09. The predicted octanol–water partition coefficient (Wildman–Crippen LogP) is 3.24. The van der Waals surface area contributed by atoms with E-state index in [1.165, 1.54) is 4.31 Å². The molecule has 0 N–H and O–H groups in total. The summed E-state index contributed by atoms with van der Waals surface area (Å²) in [5.41, 5.74) is 2.26. The number of rotatable bonds is 3. The first kappa shape index (κ1) is 18.6. The van der Waals surface area contributed by atoms with Gasteiger partial charge in [0, 0.05) is 18.1 Å². The van der Waals surface area contributed by atoms with Crippen molar-refractivity contribution in [3.05, 3.63) is 71.9 Å². The molecule has 0 amide bonds. The fourth-order valence-electron chi connectivity index (χ4n) is 3.50. The maximum atomic E-state index is 13.7. The van der Waals surface area contributed by atoms with Crippen LogP contribution in [0.2, 0.25) is 0 Å². The summed E-state index contributed by atoms with van der Waals surface area (Å²) >= 11 is 0. The molecule has 0 saturated carbocycles. The fourth-order valence-corrected chi connectivity index (χ4v) is 5.25. The summed E-state index contributed by atoms with van der Waals surface area (Å²) in [5, 5.41) is 10.0. The van der Waals surface area contributed by atoms with Gasteiger partial charge < -0.3 is 4.74 Å². The van der Waals surface area contributed by atoms with Crippen molar-refractivity contribution in [2.45, 2.75) is 30.5 Å². The van der Waals surface area contributed by atoms with Gasteiger partial charge in [-0.1, -0.05) is 42.5 Å². The third-order valence-electron chi connectivity index (χ3n) is 4.93. The Balaban J connectivity index is 1.86. The van der Waals surface area contributed by atoms with Gasteiger partial charge in [-0.05, 0) is 23.3 Å². The number of nitrogens with zero attached hydrogens (tertiary/aromatic N) is 3. The molecule has 0 fully saturated rings. The van der Waals surface area contributed by atoms with Gasteiger partial charge in [-0.3, -0.25) is 4.98 Å². The lowest BCUT2D eigenvalue weighted by Crippen LogP contribution is -2.43. The summed E-state index contributed by atoms with van der Waals surface area (Å²) in [5.74, 6) is 0. The molecule has 1 aliphatic rings. The van der Waals surface area contributed by atoms with Crippen molar-refractivity contribution >= 4 is 20.9 Å². The molecule has 0 aliphatic carbocycles. The zero-order valence-corrected chi connectivity index (χ0v) is 16.0. The number of hydrogen-bond donors (Lipinski definition) is 0. The lowest BCUT2D eigenvalue weighted by atomic mass is 10.1. The standard InChI is InChI=1S/C21H19N3O3S/c22-11-10-19-15-27-14-18-6-2-1-5-17(18)13-24(19)28(25,26)20-9-3-7-16-8-4-12-23-21(16)20/h1-9,12,19H,10,13-15H2. The minimum absolute atomic E-state index is 0.0552. The first-order chi connectivity index (χ1) is 13.6. The number of para-hydroxylation sites is 1. The Morgan fingerprint density at radius 2 is 1.89 bits per heavy atom. The van der Waals surface area contributed by atoms with Gasteiger partial charge in [0.05, 0.1) is 37.3 Å². The third kappa shape index (κ3) is 3.38. The van der Waals surface area contributed by atoms with Gasteiger partial charge in [0.15, 0.2) is 0 Å². The van der Waals surface area contributed by atoms with Gasteiger partial charge in [-0.15, -0.1) is 0 Å². The first-order valence-electron chi connectivity index (χ1n) is 8.98. The summed E-state index contributed by atoms with van der Waals surface area (Å²) in [6.07, 6.45) is 1.64. The first-order valence-corrected chi connectivity index (χ1v) is 10.4. The highest BCUT2D eigenvalue weighted by Crippen LogP contribution is 2.29. The molecule has 142 valence electrons. The summed E-state index contributed by atoms with van der Waals surface area (Å²) in [7, 11) is -3.90. The third-order valence-corrected chi connectivity index (χ3v) is 6.86. The Morgan fingerprint density at radius 1 is 1.11 bits per heavy atom. The molecular weight excluding hydrogens is 374 g/mol. The average molecular weight is 393 g/mol. The minimum atomic E-state index is -3.90. The summed E-state index contributed by atoms with van der Waals surface area (Å²) < 4.78 is 34.5. The molecule has 0 saturated heterocycles. The second-order valence-corrected chi connectivity index (χ2v) is 8.54. The van der Waals surface area contributed by atoms with Crippen LogP contribution in [0, 0.1) is 11.3 Å². The molecule has 28 heavy (non-hydrogen) atoms. The van der Waals surface area contributed by atoms with Crippen LogP contribution in [0.1, 0.15) is 17.5 Å². The molecule has 1 aliphatic heterocycles. The summed E-state index contributed by atoms with van der Waals surface area (Å²) in [4.78, 5) is 4.44. The lowest BCUT2D eigenvalue weighted by Gasteiger charge is -2.32. The fraction of sp³-hybridized carbons (Fsp3) is 0.238. The molecule has 7 heteroatoms. The van der Waals surface area contributed by atoms with Crippen LogP contribution in [0.15, 0.2) is 65.7 Å². The molecule has 1 atom stereocenters. The minimum Gasteiger partial charge on any atom is -0.375 e. The van der Waals surface area contributed by atoms with Crippen molar-refractivity contribution in [3.63, 3.8) is 0 Å². The largest absolute Gasteiger partial charge is 0.375 e. The number of pyridine rings is 1. The van der Waals surface area contributed by atoms with E-state index in [1.807, 2.05) is 36.4 Å². The molecule has 0 spiro atoms. The van der Waals surface area contributed by atoms with Crippen LogP contribution in [0.5, 0.6) is 0 Å². The van der Waals surface area contributed by atoms with Crippen molar-refractivity contribution in [1.82, 2.24) is 9.29 Å². The van der Waals surface area contributed by atoms with E-state index in [2.05, 4.69) is 11.1 Å². The van der Waals surface area contributed by atoms with E-state index in [9.17, 15) is 13.7 Å². The highest BCUT2D eigenvalue weighted by Gasteiger charge is 2.34. The molecule has 2 heterocycles. The van der Waals surface area contributed by atoms with E-state index < -0.39 is 16.1 Å². The van der Waals surface area contributed by atoms with Gasteiger partial charge >= 0.3 is 0 Å². The SMILES string of the molecule is N#CCC1COCc2ccccc2CN1S(=O)(=O)c1cccc2cccnc12. The molecule has 3 aromatic rings. The molecule has 0 bridgehead atoms. The van der Waals surface area contributed by atoms with Crippen molar-refractivity contribution in [1.29, 1.82) is 5.26 Å². The highest BCUT2D eigenvalue weighted by atomic mass is 32.2. The van der Waals surface area contributed by atoms with Crippen LogP contribution in [-0.4, -0.2) is 30.4 Å². The van der Waals surface area contributed by atoms with E-state index >= 15 is 0 Å². The maximum absolute atomic E-state index is 13.7. The van der Waals surface area contributed by atoms with Crippen molar-refractivity contribution in [3.8, 4) is 6.07 Å². The number of fused-ring (bicyclic) bond motifs is 2. The number of nitriles is 1. The molecule has 6 nitrogen and oxygen atoms in total. The highest BCUT2D eigenvalue weighted by molar-refractivity contribution is 7.89. The molecule has 4 rings (SSSR count). The van der Waals surface area contributed by atoms with Gasteiger partial charge in [0.25, 0.3) is 0 Å². The number of ether oxygens (including phenoxy) is 1. The second kappa shape index (κ2) is 7.68. The lowest BCUT2D eigenvalue weighted by molar-refractivity contribution is 0.0688. The monoisotopic (exact) mass is 393 g/mol. The topological polar surface area (TPSA) is 83.3 Å². The van der Waals surface area contributed by atoms with Crippen LogP contribution in [0.25, 0.3) is 10.9 Å². The van der Waals surface area contributed by atoms with Gasteiger partial charge in [0.2, 0.25) is 10.0 Å². The van der Waals surface area contributed by atoms with Crippen LogP contribution in [0.3, 0.4) is 0 Å². The average Bonchev–Trinajstić information content (AvgIpc) is 2.70. The number of benzene rings is 2. The Labute approximate surface area is 164 Å². The second-order valence-electron chi connectivity index (χ2n) is 6.68. The van der Waals surface area contributed by atoms with Gasteiger partial charge in [-0.2, -0.15) is 9.57 Å². The summed E-state index contributed by atoms with van der Waals surface area (Å²) in [6.45, 7) is 0.762. The van der Waals surface area contributed by atoms with E-state index in [4.69, 9.17) is 4.74 Å². The molecular formula is C21H19N3O3S. The van der Waals surface area contributed by atoms with Crippen LogP contribution < -0.4 is 0 Å². The summed E-state index contributed by atoms with van der Waals surface area (Å²) in [6, 6.07) is 17.9. The number of aromatic nitrogens is 1. The number of sulfonamides is 1. The van der Waals surface area contributed by atoms with Gasteiger partial charge in [0.1, 0.15) is 4.90 Å². The van der Waals surface area contributed by atoms with Crippen LogP contribution in [0.4, 0.5) is 0 Å². The van der Waals surface area contributed by atoms with Crippen molar-refractivity contribution < 1.29 is 13.2 Å². The van der Waals surface area contributed by atoms with E-state index in [-0.39, 0.29) is 24.5 Å². The van der Waals surface area contributed by atoms with Gasteiger partial charge in [-0.25, -0.2) is 8.42 Å². The zero-order valence-electron chi connectivity index (χ0n) is 15.2. The van der Waals surface area contributed by atoms with Crippen molar-refractivity contribution in [2.75, 3.05) is 6.61 Å². The molecule has 0 radical (unpaired) electrons. The molecule has 1 unspecified atom stereocenters. The Bertz CT molecular complexity index is 1150. The number of hydrogen-bond acceptors (Lipinski definition) is 5. The van der Waals surface area contributed by atoms with E-state index in [0.29, 0.717) is 12.1 Å². The van der Waals surface area contributed by atoms with Crippen molar-refractivity contribution in [2.24, 2.45) is 0 Å². The molecule has 1 aromatic heterocycles. The molecule has 2 aromatic carbocycles. The maximum Gasteiger partial charge on any atom is 0.245 e. The van der Waals surface area contributed by atoms with E-state index in [0.717, 1.165) is 16.5 Å².